The zero-order chi connectivity index (χ0) is 18.8. The monoisotopic (exact) mass is 425 g/mol. The van der Waals surface area contributed by atoms with Gasteiger partial charge in [-0.25, -0.2) is 4.98 Å². The predicted molar refractivity (Wildman–Crippen MR) is 111 cm³/mol. The zero-order valence-corrected chi connectivity index (χ0v) is 17.3. The molecule has 1 heterocycles. The van der Waals surface area contributed by atoms with Gasteiger partial charge in [-0.15, -0.1) is 0 Å². The number of nitrogens with zero attached hydrogens (tertiary/aromatic N) is 1. The van der Waals surface area contributed by atoms with Crippen molar-refractivity contribution < 1.29 is 9.15 Å². The van der Waals surface area contributed by atoms with Crippen molar-refractivity contribution in [3.05, 3.63) is 71.1 Å². The molecule has 1 saturated carbocycles. The minimum atomic E-state index is 0.564. The van der Waals surface area contributed by atoms with Crippen LogP contribution >= 0.6 is 15.9 Å². The Labute approximate surface area is 168 Å². The summed E-state index contributed by atoms with van der Waals surface area (Å²) in [5.41, 5.74) is 4.50. The smallest absolute Gasteiger partial charge is 0.226 e. The van der Waals surface area contributed by atoms with Crippen molar-refractivity contribution in [2.75, 3.05) is 5.33 Å². The molecule has 0 aliphatic heterocycles. The fraction of sp³-hybridized carbons (Fsp3) is 0.348. The van der Waals surface area contributed by atoms with Gasteiger partial charge in [0.1, 0.15) is 18.1 Å². The van der Waals surface area contributed by atoms with Gasteiger partial charge >= 0.3 is 0 Å². The molecule has 0 saturated heterocycles. The Kier molecular flexibility index (Phi) is 5.35. The van der Waals surface area contributed by atoms with E-state index in [0.717, 1.165) is 34.5 Å². The Morgan fingerprint density at radius 3 is 2.67 bits per heavy atom. The normalized spacial score (nSPS) is 18.5. The lowest BCUT2D eigenvalue weighted by atomic mass is 10.0. The van der Waals surface area contributed by atoms with E-state index in [4.69, 9.17) is 14.1 Å². The predicted octanol–water partition coefficient (Wildman–Crippen LogP) is 6.29. The molecular weight excluding hydrogens is 402 g/mol. The van der Waals surface area contributed by atoms with Gasteiger partial charge in [-0.05, 0) is 54.5 Å². The van der Waals surface area contributed by atoms with Crippen LogP contribution in [0.2, 0.25) is 0 Å². The first-order valence-corrected chi connectivity index (χ1v) is 10.6. The Hall–Kier alpha value is -2.07. The third-order valence-corrected chi connectivity index (χ3v) is 5.62. The van der Waals surface area contributed by atoms with Crippen LogP contribution in [-0.4, -0.2) is 10.3 Å². The standard InChI is InChI=1S/C23H24BrNO2/c1-15-12-19(15)20-13-18(23-25-21(10-11-24)16(2)27-23)8-9-22(20)26-14-17-6-4-3-5-7-17/h3-9,13,15,19H,10-12,14H2,1-2H3/t15?,19-/m0/s1. The van der Waals surface area contributed by atoms with Crippen molar-refractivity contribution in [3.8, 4) is 17.2 Å². The number of oxazole rings is 1. The van der Waals surface area contributed by atoms with Gasteiger partial charge in [0.15, 0.2) is 0 Å². The van der Waals surface area contributed by atoms with E-state index in [-0.39, 0.29) is 0 Å². The minimum Gasteiger partial charge on any atom is -0.489 e. The fourth-order valence-corrected chi connectivity index (χ4v) is 3.84. The molecule has 140 valence electrons. The molecule has 1 aliphatic rings. The number of ether oxygens (including phenoxy) is 1. The number of aryl methyl sites for hydroxylation is 2. The Morgan fingerprint density at radius 2 is 1.96 bits per heavy atom. The van der Waals surface area contributed by atoms with E-state index in [2.05, 4.69) is 53.2 Å². The topological polar surface area (TPSA) is 35.3 Å². The van der Waals surface area contributed by atoms with Gasteiger partial charge in [0.05, 0.1) is 5.69 Å². The lowest BCUT2D eigenvalue weighted by molar-refractivity contribution is 0.302. The highest BCUT2D eigenvalue weighted by molar-refractivity contribution is 9.09. The van der Waals surface area contributed by atoms with E-state index < -0.39 is 0 Å². The Morgan fingerprint density at radius 1 is 1.19 bits per heavy atom. The molecule has 2 aromatic carbocycles. The number of rotatable bonds is 7. The summed E-state index contributed by atoms with van der Waals surface area (Å²) in [7, 11) is 0. The molecule has 0 bridgehead atoms. The van der Waals surface area contributed by atoms with Crippen LogP contribution in [-0.2, 0) is 13.0 Å². The molecule has 3 nitrogen and oxygen atoms in total. The molecular formula is C23H24BrNO2. The number of alkyl halides is 1. The van der Waals surface area contributed by atoms with Crippen molar-refractivity contribution in [3.63, 3.8) is 0 Å². The van der Waals surface area contributed by atoms with Crippen molar-refractivity contribution in [2.45, 2.75) is 39.2 Å². The zero-order valence-electron chi connectivity index (χ0n) is 15.7. The van der Waals surface area contributed by atoms with Gasteiger partial charge in [-0.3, -0.25) is 0 Å². The largest absolute Gasteiger partial charge is 0.489 e. The van der Waals surface area contributed by atoms with E-state index in [0.29, 0.717) is 24.3 Å². The highest BCUT2D eigenvalue weighted by atomic mass is 79.9. The van der Waals surface area contributed by atoms with E-state index >= 15 is 0 Å². The quantitative estimate of drug-likeness (QED) is 0.417. The SMILES string of the molecule is Cc1oc(-c2ccc(OCc3ccccc3)c([C@H]3CC3C)c2)nc1CCBr. The van der Waals surface area contributed by atoms with Gasteiger partial charge in [0, 0.05) is 17.3 Å². The van der Waals surface area contributed by atoms with Crippen molar-refractivity contribution in [1.82, 2.24) is 4.98 Å². The first-order valence-electron chi connectivity index (χ1n) is 9.49. The molecule has 3 aromatic rings. The molecule has 1 unspecified atom stereocenters. The van der Waals surface area contributed by atoms with Crippen LogP contribution in [0.4, 0.5) is 0 Å². The lowest BCUT2D eigenvalue weighted by Crippen LogP contribution is -1.99. The van der Waals surface area contributed by atoms with Crippen molar-refractivity contribution in [2.24, 2.45) is 5.92 Å². The van der Waals surface area contributed by atoms with Crippen molar-refractivity contribution >= 4 is 15.9 Å². The summed E-state index contributed by atoms with van der Waals surface area (Å²) in [6, 6.07) is 16.6. The fourth-order valence-electron chi connectivity index (χ4n) is 3.47. The number of hydrogen-bond acceptors (Lipinski definition) is 3. The van der Waals surface area contributed by atoms with Gasteiger partial charge in [0.25, 0.3) is 0 Å². The summed E-state index contributed by atoms with van der Waals surface area (Å²) in [5.74, 6) is 3.84. The average Bonchev–Trinajstić information content (AvgIpc) is 3.31. The highest BCUT2D eigenvalue weighted by Gasteiger charge is 2.36. The molecule has 1 fully saturated rings. The first kappa shape index (κ1) is 18.3. The molecule has 0 amide bonds. The molecule has 0 N–H and O–H groups in total. The second kappa shape index (κ2) is 7.89. The summed E-state index contributed by atoms with van der Waals surface area (Å²) in [5, 5.41) is 0.886. The summed E-state index contributed by atoms with van der Waals surface area (Å²) in [4.78, 5) is 4.70. The maximum absolute atomic E-state index is 6.17. The molecule has 4 heteroatoms. The molecule has 0 spiro atoms. The maximum atomic E-state index is 6.17. The third kappa shape index (κ3) is 4.11. The van der Waals surface area contributed by atoms with E-state index in [9.17, 15) is 0 Å². The van der Waals surface area contributed by atoms with E-state index in [1.54, 1.807) is 0 Å². The van der Waals surface area contributed by atoms with Gasteiger partial charge in [0.2, 0.25) is 5.89 Å². The van der Waals surface area contributed by atoms with Crippen molar-refractivity contribution in [1.29, 1.82) is 0 Å². The van der Waals surface area contributed by atoms with Gasteiger partial charge < -0.3 is 9.15 Å². The maximum Gasteiger partial charge on any atom is 0.226 e. The number of aromatic nitrogens is 1. The first-order chi connectivity index (χ1) is 13.2. The third-order valence-electron chi connectivity index (χ3n) is 5.23. The Bertz CT molecular complexity index is 919. The van der Waals surface area contributed by atoms with E-state index in [1.807, 2.05) is 25.1 Å². The second-order valence-electron chi connectivity index (χ2n) is 7.31. The summed E-state index contributed by atoms with van der Waals surface area (Å²) in [6.07, 6.45) is 2.09. The highest BCUT2D eigenvalue weighted by Crippen LogP contribution is 2.50. The summed E-state index contributed by atoms with van der Waals surface area (Å²) < 4.78 is 12.1. The van der Waals surface area contributed by atoms with Gasteiger partial charge in [-0.1, -0.05) is 53.2 Å². The number of benzene rings is 2. The Balaban J connectivity index is 1.61. The van der Waals surface area contributed by atoms with Crippen LogP contribution in [0.5, 0.6) is 5.75 Å². The average molecular weight is 426 g/mol. The van der Waals surface area contributed by atoms with E-state index in [1.165, 1.54) is 17.5 Å². The van der Waals surface area contributed by atoms with Crippen LogP contribution < -0.4 is 4.74 Å². The number of halogens is 1. The molecule has 1 aromatic heterocycles. The molecule has 1 aliphatic carbocycles. The second-order valence-corrected chi connectivity index (χ2v) is 8.10. The summed E-state index contributed by atoms with van der Waals surface area (Å²) in [6.45, 7) is 4.86. The molecule has 4 rings (SSSR count). The minimum absolute atomic E-state index is 0.564. The van der Waals surface area contributed by atoms with Crippen LogP contribution in [0.3, 0.4) is 0 Å². The molecule has 0 radical (unpaired) electrons. The molecule has 27 heavy (non-hydrogen) atoms. The van der Waals surface area contributed by atoms with Crippen LogP contribution in [0, 0.1) is 12.8 Å². The van der Waals surface area contributed by atoms with Crippen LogP contribution in [0.25, 0.3) is 11.5 Å². The van der Waals surface area contributed by atoms with Crippen LogP contribution in [0.15, 0.2) is 52.9 Å². The van der Waals surface area contributed by atoms with Crippen LogP contribution in [0.1, 0.15) is 41.8 Å². The summed E-state index contributed by atoms with van der Waals surface area (Å²) >= 11 is 3.48. The molecule has 2 atom stereocenters. The lowest BCUT2D eigenvalue weighted by Gasteiger charge is -2.13. The van der Waals surface area contributed by atoms with Gasteiger partial charge in [-0.2, -0.15) is 0 Å². The number of hydrogen-bond donors (Lipinski definition) is 0.